The van der Waals surface area contributed by atoms with Gasteiger partial charge in [0.15, 0.2) is 0 Å². The smallest absolute Gasteiger partial charge is 0.0636 e. The fraction of sp³-hybridized carbons (Fsp3) is 1.00. The van der Waals surface area contributed by atoms with Crippen LogP contribution in [0.4, 0.5) is 0 Å². The van der Waals surface area contributed by atoms with E-state index in [2.05, 4.69) is 27.7 Å². The zero-order chi connectivity index (χ0) is 19.7. The van der Waals surface area contributed by atoms with Crippen molar-refractivity contribution in [3.05, 3.63) is 0 Å². The molecule has 2 heteroatoms. The minimum atomic E-state index is 0.455. The van der Waals surface area contributed by atoms with Gasteiger partial charge in [-0.15, -0.1) is 0 Å². The van der Waals surface area contributed by atoms with Gasteiger partial charge in [0.2, 0.25) is 0 Å². The summed E-state index contributed by atoms with van der Waals surface area (Å²) in [5.74, 6) is 5.88. The van der Waals surface area contributed by atoms with Crippen LogP contribution < -0.4 is 0 Å². The molecule has 162 valence electrons. The highest BCUT2D eigenvalue weighted by atomic mass is 16.5. The molecule has 1 saturated heterocycles. The zero-order valence-electron chi connectivity index (χ0n) is 19.1. The van der Waals surface area contributed by atoms with Gasteiger partial charge in [0.25, 0.3) is 0 Å². The van der Waals surface area contributed by atoms with Gasteiger partial charge in [-0.1, -0.05) is 33.6 Å². The Morgan fingerprint density at radius 2 is 1.29 bits per heavy atom. The van der Waals surface area contributed by atoms with Crippen molar-refractivity contribution in [1.29, 1.82) is 0 Å². The molecule has 6 atom stereocenters. The van der Waals surface area contributed by atoms with Gasteiger partial charge >= 0.3 is 0 Å². The Kier molecular flexibility index (Phi) is 7.09. The Labute approximate surface area is 174 Å². The van der Waals surface area contributed by atoms with Crippen molar-refractivity contribution >= 4 is 0 Å². The van der Waals surface area contributed by atoms with Crippen molar-refractivity contribution in [3.63, 3.8) is 0 Å². The summed E-state index contributed by atoms with van der Waals surface area (Å²) in [5.41, 5.74) is 0. The summed E-state index contributed by atoms with van der Waals surface area (Å²) < 4.78 is 13.0. The molecule has 6 unspecified atom stereocenters. The summed E-state index contributed by atoms with van der Waals surface area (Å²) in [5, 5.41) is 0. The molecular formula is C26H46O2. The molecule has 4 rings (SSSR count). The Morgan fingerprint density at radius 3 is 1.96 bits per heavy atom. The highest BCUT2D eigenvalue weighted by Gasteiger charge is 2.44. The molecule has 1 aliphatic heterocycles. The highest BCUT2D eigenvalue weighted by molar-refractivity contribution is 4.93. The summed E-state index contributed by atoms with van der Waals surface area (Å²) in [7, 11) is 0. The molecule has 28 heavy (non-hydrogen) atoms. The third kappa shape index (κ3) is 4.80. The van der Waals surface area contributed by atoms with Crippen molar-refractivity contribution in [2.45, 2.75) is 117 Å². The molecule has 2 nitrogen and oxygen atoms in total. The van der Waals surface area contributed by atoms with E-state index < -0.39 is 0 Å². The van der Waals surface area contributed by atoms with Crippen LogP contribution in [-0.2, 0) is 9.47 Å². The lowest BCUT2D eigenvalue weighted by Crippen LogP contribution is -2.50. The average Bonchev–Trinajstić information content (AvgIpc) is 2.71. The summed E-state index contributed by atoms with van der Waals surface area (Å²) in [4.78, 5) is 0. The van der Waals surface area contributed by atoms with Gasteiger partial charge < -0.3 is 9.47 Å². The molecule has 0 bridgehead atoms. The second-order valence-electron chi connectivity index (χ2n) is 11.4. The minimum Gasteiger partial charge on any atom is -0.378 e. The zero-order valence-corrected chi connectivity index (χ0v) is 19.1. The van der Waals surface area contributed by atoms with Crippen molar-refractivity contribution < 1.29 is 9.47 Å². The van der Waals surface area contributed by atoms with E-state index in [1.165, 1.54) is 70.6 Å². The molecule has 0 aromatic rings. The normalized spacial score (nSPS) is 50.1. The highest BCUT2D eigenvalue weighted by Crippen LogP contribution is 2.44. The van der Waals surface area contributed by atoms with E-state index in [0.717, 1.165) is 36.2 Å². The molecule has 1 heterocycles. The fourth-order valence-electron chi connectivity index (χ4n) is 7.08. The number of rotatable bonds is 4. The van der Waals surface area contributed by atoms with Crippen LogP contribution in [0.15, 0.2) is 0 Å². The second kappa shape index (κ2) is 9.38. The summed E-state index contributed by atoms with van der Waals surface area (Å²) in [6, 6.07) is 0. The number of hydrogen-bond acceptors (Lipinski definition) is 2. The molecule has 0 amide bonds. The Balaban J connectivity index is 1.21. The number of ether oxygens (including phenoxy) is 2. The van der Waals surface area contributed by atoms with Crippen molar-refractivity contribution in [2.24, 2.45) is 41.4 Å². The first-order valence-corrected chi connectivity index (χ1v) is 12.8. The molecule has 3 aliphatic carbocycles. The van der Waals surface area contributed by atoms with Gasteiger partial charge in [-0.2, -0.15) is 0 Å². The van der Waals surface area contributed by atoms with E-state index in [-0.39, 0.29) is 0 Å². The van der Waals surface area contributed by atoms with Crippen molar-refractivity contribution in [1.82, 2.24) is 0 Å². The molecule has 0 aromatic heterocycles. The first kappa shape index (κ1) is 21.2. The largest absolute Gasteiger partial charge is 0.378 e. The Morgan fingerprint density at radius 1 is 0.679 bits per heavy atom. The maximum atomic E-state index is 6.62. The topological polar surface area (TPSA) is 18.5 Å². The molecule has 4 aliphatic rings. The van der Waals surface area contributed by atoms with Gasteiger partial charge in [-0.25, -0.2) is 0 Å². The summed E-state index contributed by atoms with van der Waals surface area (Å²) in [6.07, 6.45) is 17.0. The number of fused-ring (bicyclic) bond motifs is 1. The molecule has 0 N–H and O–H groups in total. The van der Waals surface area contributed by atoms with E-state index in [4.69, 9.17) is 9.47 Å². The van der Waals surface area contributed by atoms with Crippen LogP contribution >= 0.6 is 0 Å². The van der Waals surface area contributed by atoms with Gasteiger partial charge in [-0.05, 0) is 106 Å². The molecule has 3 saturated carbocycles. The maximum absolute atomic E-state index is 6.62. The molecule has 0 spiro atoms. The van der Waals surface area contributed by atoms with Crippen molar-refractivity contribution in [2.75, 3.05) is 6.61 Å². The van der Waals surface area contributed by atoms with Gasteiger partial charge in [0, 0.05) is 6.61 Å². The van der Waals surface area contributed by atoms with Gasteiger partial charge in [-0.3, -0.25) is 0 Å². The predicted octanol–water partition coefficient (Wildman–Crippen LogP) is 6.86. The monoisotopic (exact) mass is 390 g/mol. The van der Waals surface area contributed by atoms with Crippen molar-refractivity contribution in [3.8, 4) is 0 Å². The molecule has 0 aromatic carbocycles. The van der Waals surface area contributed by atoms with Crippen LogP contribution in [-0.4, -0.2) is 24.9 Å². The van der Waals surface area contributed by atoms with Crippen LogP contribution in [0.2, 0.25) is 0 Å². The standard InChI is InChI=1S/C26H46O2/c1-17-5-10-22(11-6-17)23-13-8-21(9-14-23)16-27-25-15-24-12-7-18(2)28-26(24)20(4)19(25)3/h17-26H,5-16H2,1-4H3. The SMILES string of the molecule is CC1CCC(C2CCC(COC3CC4CCC(C)OC4C(C)C3C)CC2)CC1. The van der Waals surface area contributed by atoms with E-state index in [1.54, 1.807) is 0 Å². The van der Waals surface area contributed by atoms with Crippen LogP contribution in [0, 0.1) is 41.4 Å². The predicted molar refractivity (Wildman–Crippen MR) is 116 cm³/mol. The van der Waals surface area contributed by atoms with Gasteiger partial charge in [0.1, 0.15) is 0 Å². The molecule has 4 fully saturated rings. The number of hydrogen-bond donors (Lipinski definition) is 0. The third-order valence-electron chi connectivity index (χ3n) is 9.43. The summed E-state index contributed by atoms with van der Waals surface area (Å²) in [6.45, 7) is 10.5. The van der Waals surface area contributed by atoms with Crippen LogP contribution in [0.1, 0.15) is 98.3 Å². The lowest BCUT2D eigenvalue weighted by Gasteiger charge is -2.48. The van der Waals surface area contributed by atoms with Gasteiger partial charge in [0.05, 0.1) is 18.3 Å². The lowest BCUT2D eigenvalue weighted by molar-refractivity contribution is -0.166. The second-order valence-corrected chi connectivity index (χ2v) is 11.4. The quantitative estimate of drug-likeness (QED) is 0.522. The molecule has 0 radical (unpaired) electrons. The van der Waals surface area contributed by atoms with E-state index in [9.17, 15) is 0 Å². The lowest BCUT2D eigenvalue weighted by atomic mass is 9.68. The maximum Gasteiger partial charge on any atom is 0.0636 e. The van der Waals surface area contributed by atoms with Crippen LogP contribution in [0.25, 0.3) is 0 Å². The minimum absolute atomic E-state index is 0.455. The van der Waals surface area contributed by atoms with E-state index in [0.29, 0.717) is 30.1 Å². The van der Waals surface area contributed by atoms with Crippen LogP contribution in [0.3, 0.4) is 0 Å². The van der Waals surface area contributed by atoms with E-state index in [1.807, 2.05) is 0 Å². The average molecular weight is 391 g/mol. The van der Waals surface area contributed by atoms with Crippen LogP contribution in [0.5, 0.6) is 0 Å². The Hall–Kier alpha value is -0.0800. The molecular weight excluding hydrogens is 344 g/mol. The first-order valence-electron chi connectivity index (χ1n) is 12.8. The summed E-state index contributed by atoms with van der Waals surface area (Å²) >= 11 is 0. The fourth-order valence-corrected chi connectivity index (χ4v) is 7.08. The Bertz CT molecular complexity index is 473. The van der Waals surface area contributed by atoms with E-state index >= 15 is 0 Å². The third-order valence-corrected chi connectivity index (χ3v) is 9.43. The first-order chi connectivity index (χ1) is 13.5.